The first-order chi connectivity index (χ1) is 10.6. The van der Waals surface area contributed by atoms with E-state index < -0.39 is 17.4 Å². The molecule has 0 radical (unpaired) electrons. The molecule has 0 aliphatic carbocycles. The van der Waals surface area contributed by atoms with Crippen LogP contribution in [0.1, 0.15) is 27.7 Å². The molecule has 23 heavy (non-hydrogen) atoms. The van der Waals surface area contributed by atoms with Crippen molar-refractivity contribution in [3.63, 3.8) is 0 Å². The van der Waals surface area contributed by atoms with Gasteiger partial charge in [-0.1, -0.05) is 0 Å². The van der Waals surface area contributed by atoms with Crippen molar-refractivity contribution in [1.29, 1.82) is 0 Å². The number of amides is 1. The Morgan fingerprint density at radius 3 is 2.52 bits per heavy atom. The van der Waals surface area contributed by atoms with Gasteiger partial charge in [-0.2, -0.15) is 0 Å². The van der Waals surface area contributed by atoms with Crippen LogP contribution in [-0.4, -0.2) is 53.1 Å². The highest BCUT2D eigenvalue weighted by Gasteiger charge is 2.50. The van der Waals surface area contributed by atoms with E-state index in [1.165, 1.54) is 18.7 Å². The Hall–Kier alpha value is -1.54. The van der Waals surface area contributed by atoms with Crippen LogP contribution in [0.25, 0.3) is 0 Å². The predicted octanol–water partition coefficient (Wildman–Crippen LogP) is 0.635. The van der Waals surface area contributed by atoms with Gasteiger partial charge in [0, 0.05) is 18.2 Å². The van der Waals surface area contributed by atoms with Crippen molar-refractivity contribution < 1.29 is 23.9 Å². The zero-order valence-corrected chi connectivity index (χ0v) is 14.6. The average Bonchev–Trinajstić information content (AvgIpc) is 2.48. The number of nitrogens with two attached hydrogens (primary N) is 1. The van der Waals surface area contributed by atoms with Crippen molar-refractivity contribution in [1.82, 2.24) is 4.90 Å². The highest BCUT2D eigenvalue weighted by atomic mass is 32.2. The first-order valence-corrected chi connectivity index (χ1v) is 8.39. The normalized spacial score (nSPS) is 24.0. The fourth-order valence-electron chi connectivity index (χ4n) is 2.23. The number of carbonyl (C=O) groups excluding carboxylic acids is 3. The van der Waals surface area contributed by atoms with E-state index in [0.717, 1.165) is 5.57 Å². The molecular formula is C15H22N2O5S. The summed E-state index contributed by atoms with van der Waals surface area (Å²) in [6.07, 6.45) is 0. The number of hydrogen-bond donors (Lipinski definition) is 1. The Bertz CT molecular complexity index is 567. The van der Waals surface area contributed by atoms with Crippen LogP contribution in [-0.2, 0) is 23.9 Å². The first kappa shape index (κ1) is 17.8. The summed E-state index contributed by atoms with van der Waals surface area (Å²) in [5.74, 6) is -0.381. The van der Waals surface area contributed by atoms with E-state index in [1.54, 1.807) is 25.7 Å². The summed E-state index contributed by atoms with van der Waals surface area (Å²) in [6, 6.07) is -0.538. The fourth-order valence-corrected chi connectivity index (χ4v) is 3.55. The van der Waals surface area contributed by atoms with Gasteiger partial charge < -0.3 is 15.2 Å². The summed E-state index contributed by atoms with van der Waals surface area (Å²) in [7, 11) is 0. The second-order valence-corrected chi connectivity index (χ2v) is 7.70. The largest absolute Gasteiger partial charge is 0.461 e. The first-order valence-electron chi connectivity index (χ1n) is 7.34. The Labute approximate surface area is 139 Å². The highest BCUT2D eigenvalue weighted by molar-refractivity contribution is 8.00. The van der Waals surface area contributed by atoms with Gasteiger partial charge in [-0.25, -0.2) is 0 Å². The summed E-state index contributed by atoms with van der Waals surface area (Å²) in [4.78, 5) is 36.6. The van der Waals surface area contributed by atoms with Crippen LogP contribution in [0.2, 0.25) is 0 Å². The van der Waals surface area contributed by atoms with E-state index in [4.69, 9.17) is 15.2 Å². The number of β-lactam (4-membered cyclic amide) rings is 1. The van der Waals surface area contributed by atoms with E-state index in [9.17, 15) is 14.4 Å². The molecule has 0 aromatic carbocycles. The lowest BCUT2D eigenvalue weighted by Gasteiger charge is -2.49. The monoisotopic (exact) mass is 342 g/mol. The zero-order chi connectivity index (χ0) is 17.4. The minimum Gasteiger partial charge on any atom is -0.461 e. The summed E-state index contributed by atoms with van der Waals surface area (Å²) < 4.78 is 10.4. The predicted molar refractivity (Wildman–Crippen MR) is 85.1 cm³/mol. The lowest BCUT2D eigenvalue weighted by Crippen LogP contribution is -2.68. The zero-order valence-electron chi connectivity index (χ0n) is 13.8. The molecule has 7 nitrogen and oxygen atoms in total. The molecule has 2 N–H and O–H groups in total. The Balaban J connectivity index is 2.17. The number of hydrogen-bond acceptors (Lipinski definition) is 7. The van der Waals surface area contributed by atoms with Crippen molar-refractivity contribution in [3.05, 3.63) is 11.3 Å². The maximum absolute atomic E-state index is 12.0. The molecule has 0 saturated carbocycles. The summed E-state index contributed by atoms with van der Waals surface area (Å²) in [5, 5.41) is -0.146. The Kier molecular flexibility index (Phi) is 5.05. The molecular weight excluding hydrogens is 320 g/mol. The number of nitrogens with zero attached hydrogens (tertiary/aromatic N) is 1. The van der Waals surface area contributed by atoms with E-state index in [1.807, 2.05) is 0 Å². The second kappa shape index (κ2) is 6.52. The molecule has 2 aliphatic rings. The van der Waals surface area contributed by atoms with Crippen LogP contribution in [0.3, 0.4) is 0 Å². The van der Waals surface area contributed by atoms with Crippen molar-refractivity contribution >= 4 is 29.6 Å². The lowest BCUT2D eigenvalue weighted by molar-refractivity contribution is -0.154. The number of ether oxygens (including phenoxy) is 2. The van der Waals surface area contributed by atoms with Gasteiger partial charge in [-0.05, 0) is 20.8 Å². The summed E-state index contributed by atoms with van der Waals surface area (Å²) in [5.41, 5.74) is 6.52. The Morgan fingerprint density at radius 1 is 1.30 bits per heavy atom. The van der Waals surface area contributed by atoms with Crippen LogP contribution >= 0.6 is 11.8 Å². The lowest BCUT2D eigenvalue weighted by atomic mass is 9.97. The molecule has 1 amide bonds. The van der Waals surface area contributed by atoms with Gasteiger partial charge >= 0.3 is 11.9 Å². The van der Waals surface area contributed by atoms with Gasteiger partial charge in [0.15, 0.2) is 0 Å². The third-order valence-electron chi connectivity index (χ3n) is 3.61. The molecule has 2 rings (SSSR count). The molecule has 8 heteroatoms. The second-order valence-electron chi connectivity index (χ2n) is 6.59. The maximum atomic E-state index is 12.0. The number of thioether (sulfide) groups is 1. The molecule has 1 saturated heterocycles. The fraction of sp³-hybridized carbons (Fsp3) is 0.667. The molecule has 0 aromatic rings. The average molecular weight is 342 g/mol. The number of rotatable bonds is 4. The molecule has 2 aliphatic heterocycles. The van der Waals surface area contributed by atoms with Crippen molar-refractivity contribution in [2.45, 2.75) is 39.1 Å². The van der Waals surface area contributed by atoms with Crippen LogP contribution in [0, 0.1) is 5.41 Å². The third-order valence-corrected chi connectivity index (χ3v) is 4.97. The molecule has 1 fully saturated rings. The van der Waals surface area contributed by atoms with E-state index in [-0.39, 0.29) is 30.5 Å². The SMILES string of the molecule is CC(=O)OCC1=C(COC(=O)C(C)(C)C)N2C(=O)[C@@H](N)[C@H]2SC1. The van der Waals surface area contributed by atoms with E-state index >= 15 is 0 Å². The minimum atomic E-state index is -0.630. The van der Waals surface area contributed by atoms with Crippen molar-refractivity contribution in [2.24, 2.45) is 11.1 Å². The molecule has 0 bridgehead atoms. The molecule has 0 spiro atoms. The van der Waals surface area contributed by atoms with E-state index in [0.29, 0.717) is 11.4 Å². The summed E-state index contributed by atoms with van der Waals surface area (Å²) in [6.45, 7) is 6.65. The molecule has 128 valence electrons. The number of carbonyl (C=O) groups is 3. The van der Waals surface area contributed by atoms with Crippen molar-refractivity contribution in [2.75, 3.05) is 19.0 Å². The van der Waals surface area contributed by atoms with Gasteiger partial charge in [-0.15, -0.1) is 11.8 Å². The number of fused-ring (bicyclic) bond motifs is 1. The molecule has 2 heterocycles. The third kappa shape index (κ3) is 3.69. The van der Waals surface area contributed by atoms with Crippen molar-refractivity contribution in [3.8, 4) is 0 Å². The topological polar surface area (TPSA) is 98.9 Å². The van der Waals surface area contributed by atoms with Crippen LogP contribution < -0.4 is 5.73 Å². The van der Waals surface area contributed by atoms with Gasteiger partial charge in [0.2, 0.25) is 5.91 Å². The van der Waals surface area contributed by atoms with Gasteiger partial charge in [-0.3, -0.25) is 19.3 Å². The Morgan fingerprint density at radius 2 is 1.96 bits per heavy atom. The van der Waals surface area contributed by atoms with Crippen LogP contribution in [0.4, 0.5) is 0 Å². The molecule has 2 atom stereocenters. The van der Waals surface area contributed by atoms with Gasteiger partial charge in [0.05, 0.1) is 11.1 Å². The smallest absolute Gasteiger partial charge is 0.311 e. The molecule has 0 unspecified atom stereocenters. The van der Waals surface area contributed by atoms with Gasteiger partial charge in [0.25, 0.3) is 0 Å². The van der Waals surface area contributed by atoms with Crippen LogP contribution in [0.5, 0.6) is 0 Å². The maximum Gasteiger partial charge on any atom is 0.311 e. The molecule has 0 aromatic heterocycles. The highest BCUT2D eigenvalue weighted by Crippen LogP contribution is 2.39. The van der Waals surface area contributed by atoms with Gasteiger partial charge in [0.1, 0.15) is 24.6 Å². The van der Waals surface area contributed by atoms with E-state index in [2.05, 4.69) is 0 Å². The summed E-state index contributed by atoms with van der Waals surface area (Å²) >= 11 is 1.52. The minimum absolute atomic E-state index is 0.0256. The number of esters is 2. The van der Waals surface area contributed by atoms with Crippen LogP contribution in [0.15, 0.2) is 11.3 Å². The quantitative estimate of drug-likeness (QED) is 0.591. The standard InChI is InChI=1S/C15H22N2O5S/c1-8(18)21-5-9-7-23-13-11(16)12(19)17(13)10(9)6-22-14(20)15(2,3)4/h11,13H,5-7,16H2,1-4H3/t11-,13-/m1/s1.